The van der Waals surface area contributed by atoms with Crippen molar-refractivity contribution in [3.05, 3.63) is 28.0 Å². The number of hydrogen-bond donors (Lipinski definition) is 0. The minimum absolute atomic E-state index is 0.188. The first kappa shape index (κ1) is 7.52. The zero-order chi connectivity index (χ0) is 7.56. The minimum Gasteiger partial charge on any atom is -0.405 e. The van der Waals surface area contributed by atoms with Crippen molar-refractivity contribution < 1.29 is 9.34 Å². The van der Waals surface area contributed by atoms with Crippen molar-refractivity contribution in [2.24, 2.45) is 0 Å². The molecule has 0 saturated carbocycles. The normalized spacial score (nSPS) is 9.70. The zero-order valence-electron chi connectivity index (χ0n) is 4.91. The lowest BCUT2D eigenvalue weighted by Gasteiger charge is -1.82. The molecule has 1 aromatic rings. The van der Waals surface area contributed by atoms with E-state index in [1.165, 1.54) is 6.07 Å². The third-order valence-electron chi connectivity index (χ3n) is 0.959. The second-order valence-electron chi connectivity index (χ2n) is 1.63. The van der Waals surface area contributed by atoms with Gasteiger partial charge in [0.2, 0.25) is 0 Å². The monoisotopic (exact) mass is 253 g/mol. The van der Waals surface area contributed by atoms with Gasteiger partial charge < -0.3 is 4.42 Å². The standard InChI is InChI=1S/C5H4INO3/c6-3-4-1-2-5(10-4)7(8)9/h1-2H,3H2. The van der Waals surface area contributed by atoms with E-state index >= 15 is 0 Å². The van der Waals surface area contributed by atoms with E-state index in [0.717, 1.165) is 0 Å². The molecule has 0 amide bonds. The largest absolute Gasteiger partial charge is 0.433 e. The van der Waals surface area contributed by atoms with Crippen LogP contribution in [0.3, 0.4) is 0 Å². The van der Waals surface area contributed by atoms with Crippen molar-refractivity contribution in [1.82, 2.24) is 0 Å². The van der Waals surface area contributed by atoms with Crippen LogP contribution in [0.4, 0.5) is 5.88 Å². The summed E-state index contributed by atoms with van der Waals surface area (Å²) in [7, 11) is 0. The van der Waals surface area contributed by atoms with E-state index in [4.69, 9.17) is 4.42 Å². The number of hydrogen-bond acceptors (Lipinski definition) is 3. The van der Waals surface area contributed by atoms with Crippen LogP contribution in [0.15, 0.2) is 16.5 Å². The fraction of sp³-hybridized carbons (Fsp3) is 0.200. The Bertz CT molecular complexity index is 245. The van der Waals surface area contributed by atoms with Crippen LogP contribution in [0.1, 0.15) is 5.76 Å². The Balaban J connectivity index is 2.88. The molecule has 1 aromatic heterocycles. The molecule has 0 aliphatic carbocycles. The molecule has 0 aliphatic rings. The summed E-state index contributed by atoms with van der Waals surface area (Å²) in [6.07, 6.45) is 0. The number of halogens is 1. The molecule has 0 aromatic carbocycles. The summed E-state index contributed by atoms with van der Waals surface area (Å²) in [5.74, 6) is 0.443. The molecule has 0 fully saturated rings. The lowest BCUT2D eigenvalue weighted by atomic mass is 10.5. The van der Waals surface area contributed by atoms with Crippen molar-refractivity contribution in [3.8, 4) is 0 Å². The Hall–Kier alpha value is -0.590. The molecule has 0 unspecified atom stereocenters. The van der Waals surface area contributed by atoms with Crippen molar-refractivity contribution >= 4 is 28.5 Å². The van der Waals surface area contributed by atoms with E-state index < -0.39 is 4.92 Å². The van der Waals surface area contributed by atoms with Gasteiger partial charge in [0.05, 0.1) is 10.5 Å². The predicted octanol–water partition coefficient (Wildman–Crippen LogP) is 2.12. The second kappa shape index (κ2) is 3.00. The Morgan fingerprint density at radius 2 is 2.40 bits per heavy atom. The fourth-order valence-corrected chi connectivity index (χ4v) is 0.947. The molecule has 4 nitrogen and oxygen atoms in total. The molecule has 1 heterocycles. The summed E-state index contributed by atoms with van der Waals surface area (Å²) >= 11 is 2.07. The molecule has 0 aliphatic heterocycles. The summed E-state index contributed by atoms with van der Waals surface area (Å²) in [4.78, 5) is 9.49. The third kappa shape index (κ3) is 1.47. The van der Waals surface area contributed by atoms with Crippen LogP contribution in [0.5, 0.6) is 0 Å². The van der Waals surface area contributed by atoms with E-state index in [1.54, 1.807) is 6.07 Å². The van der Waals surface area contributed by atoms with Crippen LogP contribution < -0.4 is 0 Å². The topological polar surface area (TPSA) is 56.3 Å². The first-order valence-corrected chi connectivity index (χ1v) is 4.05. The van der Waals surface area contributed by atoms with Gasteiger partial charge in [-0.25, -0.2) is 0 Å². The molecule has 0 radical (unpaired) electrons. The van der Waals surface area contributed by atoms with Gasteiger partial charge in [-0.05, 0) is 6.07 Å². The first-order valence-electron chi connectivity index (χ1n) is 2.53. The van der Waals surface area contributed by atoms with Crippen LogP contribution in [0.25, 0.3) is 0 Å². The molecule has 10 heavy (non-hydrogen) atoms. The number of nitro groups is 1. The molecule has 0 atom stereocenters. The van der Waals surface area contributed by atoms with Gasteiger partial charge in [-0.15, -0.1) is 0 Å². The number of nitrogens with zero attached hydrogens (tertiary/aromatic N) is 1. The molecule has 0 spiro atoms. The van der Waals surface area contributed by atoms with Crippen molar-refractivity contribution in [2.45, 2.75) is 4.43 Å². The van der Waals surface area contributed by atoms with Gasteiger partial charge in [0.25, 0.3) is 0 Å². The first-order chi connectivity index (χ1) is 4.74. The van der Waals surface area contributed by atoms with Gasteiger partial charge in [0.1, 0.15) is 10.7 Å². The van der Waals surface area contributed by atoms with Crippen LogP contribution in [-0.4, -0.2) is 4.92 Å². The zero-order valence-corrected chi connectivity index (χ0v) is 7.07. The lowest BCUT2D eigenvalue weighted by Crippen LogP contribution is -1.82. The number of alkyl halides is 1. The molecular formula is C5H4INO3. The summed E-state index contributed by atoms with van der Waals surface area (Å²) in [5, 5.41) is 10.0. The summed E-state index contributed by atoms with van der Waals surface area (Å²) in [6, 6.07) is 2.96. The van der Waals surface area contributed by atoms with Crippen LogP contribution in [0.2, 0.25) is 0 Å². The summed E-state index contributed by atoms with van der Waals surface area (Å²) in [5.41, 5.74) is 0. The highest BCUT2D eigenvalue weighted by atomic mass is 127. The highest BCUT2D eigenvalue weighted by Gasteiger charge is 2.09. The SMILES string of the molecule is O=[N+]([O-])c1ccc(CI)o1. The van der Waals surface area contributed by atoms with Crippen LogP contribution in [0, 0.1) is 10.1 Å². The van der Waals surface area contributed by atoms with Gasteiger partial charge in [-0.2, -0.15) is 0 Å². The minimum atomic E-state index is -0.546. The van der Waals surface area contributed by atoms with E-state index in [1.807, 2.05) is 0 Å². The van der Waals surface area contributed by atoms with Crippen LogP contribution in [-0.2, 0) is 4.43 Å². The van der Waals surface area contributed by atoms with Crippen molar-refractivity contribution in [1.29, 1.82) is 0 Å². The Morgan fingerprint density at radius 1 is 1.70 bits per heavy atom. The molecule has 1 rings (SSSR count). The van der Waals surface area contributed by atoms with E-state index in [0.29, 0.717) is 10.2 Å². The molecule has 0 saturated heterocycles. The van der Waals surface area contributed by atoms with E-state index in [9.17, 15) is 10.1 Å². The third-order valence-corrected chi connectivity index (χ3v) is 1.71. The molecule has 0 N–H and O–H groups in total. The fourth-order valence-electron chi connectivity index (χ4n) is 0.537. The van der Waals surface area contributed by atoms with Crippen molar-refractivity contribution in [2.75, 3.05) is 0 Å². The molecule has 5 heteroatoms. The predicted molar refractivity (Wildman–Crippen MR) is 43.1 cm³/mol. The molecule has 54 valence electrons. The quantitative estimate of drug-likeness (QED) is 0.351. The van der Waals surface area contributed by atoms with E-state index in [-0.39, 0.29) is 5.88 Å². The van der Waals surface area contributed by atoms with Gasteiger partial charge in [-0.3, -0.25) is 10.1 Å². The average molecular weight is 253 g/mol. The lowest BCUT2D eigenvalue weighted by molar-refractivity contribution is -0.402. The number of furan rings is 1. The number of rotatable bonds is 2. The maximum absolute atomic E-state index is 10.0. The van der Waals surface area contributed by atoms with Gasteiger partial charge in [-0.1, -0.05) is 22.6 Å². The van der Waals surface area contributed by atoms with Gasteiger partial charge in [0.15, 0.2) is 0 Å². The van der Waals surface area contributed by atoms with Crippen molar-refractivity contribution in [3.63, 3.8) is 0 Å². The summed E-state index contributed by atoms with van der Waals surface area (Å²) in [6.45, 7) is 0. The highest BCUT2D eigenvalue weighted by molar-refractivity contribution is 14.1. The average Bonchev–Trinajstić information content (AvgIpc) is 2.34. The Kier molecular flexibility index (Phi) is 2.25. The summed E-state index contributed by atoms with van der Waals surface area (Å²) < 4.78 is 5.45. The Morgan fingerprint density at radius 3 is 2.70 bits per heavy atom. The van der Waals surface area contributed by atoms with Gasteiger partial charge in [0, 0.05) is 0 Å². The molecule has 0 bridgehead atoms. The van der Waals surface area contributed by atoms with E-state index in [2.05, 4.69) is 22.6 Å². The van der Waals surface area contributed by atoms with Gasteiger partial charge >= 0.3 is 5.88 Å². The second-order valence-corrected chi connectivity index (χ2v) is 2.39. The smallest absolute Gasteiger partial charge is 0.405 e. The Labute approximate surface area is 70.5 Å². The van der Waals surface area contributed by atoms with Crippen LogP contribution >= 0.6 is 22.6 Å². The molecular weight excluding hydrogens is 249 g/mol. The maximum atomic E-state index is 10.0. The maximum Gasteiger partial charge on any atom is 0.433 e. The highest BCUT2D eigenvalue weighted by Crippen LogP contribution is 2.17.